The molecular formula is C21H22ClN5O4. The lowest BCUT2D eigenvalue weighted by molar-refractivity contribution is -0.133. The number of rotatable bonds is 7. The van der Waals surface area contributed by atoms with E-state index in [1.165, 1.54) is 11.9 Å². The molecule has 0 aliphatic carbocycles. The Morgan fingerprint density at radius 2 is 2.00 bits per heavy atom. The molecule has 0 spiro atoms. The third kappa shape index (κ3) is 5.66. The van der Waals surface area contributed by atoms with Gasteiger partial charge in [-0.1, -0.05) is 41.4 Å². The lowest BCUT2D eigenvalue weighted by Crippen LogP contribution is -2.44. The zero-order valence-corrected chi connectivity index (χ0v) is 17.8. The molecule has 0 bridgehead atoms. The molecule has 1 aromatic heterocycles. The summed E-state index contributed by atoms with van der Waals surface area (Å²) in [7, 11) is 0. The van der Waals surface area contributed by atoms with E-state index in [2.05, 4.69) is 15.9 Å². The highest BCUT2D eigenvalue weighted by molar-refractivity contribution is 6.31. The number of benzene rings is 2. The minimum absolute atomic E-state index is 0.00426. The number of halogens is 1. The lowest BCUT2D eigenvalue weighted by Gasteiger charge is -2.22. The van der Waals surface area contributed by atoms with Crippen LogP contribution < -0.4 is 16.5 Å². The summed E-state index contributed by atoms with van der Waals surface area (Å²) in [6, 6.07) is 11.7. The molecule has 0 aliphatic rings. The average Bonchev–Trinajstić information content (AvgIpc) is 2.74. The van der Waals surface area contributed by atoms with Crippen molar-refractivity contribution in [3.05, 3.63) is 75.3 Å². The van der Waals surface area contributed by atoms with Crippen LogP contribution in [0.1, 0.15) is 18.1 Å². The Labute approximate surface area is 183 Å². The van der Waals surface area contributed by atoms with E-state index in [9.17, 15) is 14.4 Å². The van der Waals surface area contributed by atoms with Crippen LogP contribution in [0.15, 0.2) is 53.6 Å². The number of carbonyl (C=O) groups is 2. The molecule has 1 heterocycles. The number of aryl methyl sites for hydroxylation is 1. The molecule has 2 N–H and O–H groups in total. The van der Waals surface area contributed by atoms with Crippen LogP contribution in [0.3, 0.4) is 0 Å². The van der Waals surface area contributed by atoms with Crippen molar-refractivity contribution < 1.29 is 14.4 Å². The summed E-state index contributed by atoms with van der Waals surface area (Å²) >= 11 is 6.12. The molecule has 3 rings (SSSR count). The van der Waals surface area contributed by atoms with E-state index in [4.69, 9.17) is 16.4 Å². The molecule has 0 saturated heterocycles. The largest absolute Gasteiger partial charge is 0.353 e. The SMILES string of the molecule is CC(=O)N(CCONC(=O)n1cnc2ccc(C)cc2c1=O)NCc1ccccc1Cl. The summed E-state index contributed by atoms with van der Waals surface area (Å²) in [5, 5.41) is 2.28. The van der Waals surface area contributed by atoms with Gasteiger partial charge in [-0.25, -0.2) is 25.3 Å². The number of carbonyl (C=O) groups excluding carboxylic acids is 2. The van der Waals surface area contributed by atoms with Gasteiger partial charge in [-0.05, 0) is 30.7 Å². The second kappa shape index (κ2) is 10.2. The van der Waals surface area contributed by atoms with Gasteiger partial charge >= 0.3 is 6.03 Å². The Bertz CT molecular complexity index is 1160. The van der Waals surface area contributed by atoms with Gasteiger partial charge < -0.3 is 0 Å². The number of aromatic nitrogens is 2. The van der Waals surface area contributed by atoms with Crippen molar-refractivity contribution in [3.63, 3.8) is 0 Å². The van der Waals surface area contributed by atoms with E-state index < -0.39 is 11.6 Å². The van der Waals surface area contributed by atoms with E-state index in [-0.39, 0.29) is 19.1 Å². The smallest absolute Gasteiger partial charge is 0.276 e. The Hall–Kier alpha value is -3.27. The van der Waals surface area contributed by atoms with Gasteiger partial charge in [0.25, 0.3) is 5.56 Å². The number of hydrogen-bond donors (Lipinski definition) is 2. The van der Waals surface area contributed by atoms with Crippen molar-refractivity contribution in [3.8, 4) is 0 Å². The number of hydrazine groups is 1. The predicted molar refractivity (Wildman–Crippen MR) is 116 cm³/mol. The highest BCUT2D eigenvalue weighted by Crippen LogP contribution is 2.14. The van der Waals surface area contributed by atoms with Crippen LogP contribution in [0.5, 0.6) is 0 Å². The second-order valence-electron chi connectivity index (χ2n) is 6.79. The zero-order valence-electron chi connectivity index (χ0n) is 17.1. The quantitative estimate of drug-likeness (QED) is 0.429. The first-order valence-corrected chi connectivity index (χ1v) is 9.90. The van der Waals surface area contributed by atoms with Crippen molar-refractivity contribution in [1.82, 2.24) is 25.5 Å². The molecule has 0 atom stereocenters. The topological polar surface area (TPSA) is 106 Å². The molecule has 0 radical (unpaired) electrons. The van der Waals surface area contributed by atoms with Gasteiger partial charge in [0.05, 0.1) is 24.1 Å². The maximum absolute atomic E-state index is 12.5. The van der Waals surface area contributed by atoms with Crippen LogP contribution in [0.2, 0.25) is 5.02 Å². The van der Waals surface area contributed by atoms with Crippen LogP contribution in [0.4, 0.5) is 4.79 Å². The molecule has 31 heavy (non-hydrogen) atoms. The average molecular weight is 444 g/mol. The highest BCUT2D eigenvalue weighted by Gasteiger charge is 2.13. The summed E-state index contributed by atoms with van der Waals surface area (Å²) in [6.07, 6.45) is 1.14. The van der Waals surface area contributed by atoms with E-state index >= 15 is 0 Å². The summed E-state index contributed by atoms with van der Waals surface area (Å²) < 4.78 is 0.833. The van der Waals surface area contributed by atoms with Crippen molar-refractivity contribution in [1.29, 1.82) is 0 Å². The van der Waals surface area contributed by atoms with Crippen LogP contribution in [0.25, 0.3) is 10.9 Å². The van der Waals surface area contributed by atoms with E-state index in [1.807, 2.05) is 31.2 Å². The van der Waals surface area contributed by atoms with Gasteiger partial charge in [0, 0.05) is 18.5 Å². The Balaban J connectivity index is 1.54. The molecule has 3 aromatic rings. The monoisotopic (exact) mass is 443 g/mol. The summed E-state index contributed by atoms with van der Waals surface area (Å²) in [4.78, 5) is 45.9. The first-order valence-electron chi connectivity index (χ1n) is 9.52. The summed E-state index contributed by atoms with van der Waals surface area (Å²) in [5.74, 6) is -0.229. The van der Waals surface area contributed by atoms with Crippen LogP contribution in [0, 0.1) is 6.92 Å². The maximum Gasteiger partial charge on any atom is 0.353 e. The van der Waals surface area contributed by atoms with E-state index in [0.717, 1.165) is 22.0 Å². The fourth-order valence-corrected chi connectivity index (χ4v) is 3.05. The molecule has 2 amide bonds. The standard InChI is InChI=1S/C21H22ClN5O4/c1-14-7-8-19-17(11-14)20(29)26(13-23-19)21(30)25-31-10-9-27(15(2)28)24-12-16-5-3-4-6-18(16)22/h3-8,11,13,24H,9-10,12H2,1-2H3,(H,25,30). The molecule has 0 fully saturated rings. The number of amides is 2. The molecule has 0 aliphatic heterocycles. The number of hydrogen-bond acceptors (Lipinski definition) is 6. The molecule has 9 nitrogen and oxygen atoms in total. The molecule has 0 saturated carbocycles. The van der Waals surface area contributed by atoms with Crippen molar-refractivity contribution in [2.24, 2.45) is 0 Å². The molecule has 162 valence electrons. The minimum Gasteiger partial charge on any atom is -0.276 e. The van der Waals surface area contributed by atoms with Crippen molar-refractivity contribution >= 4 is 34.4 Å². The van der Waals surface area contributed by atoms with Gasteiger partial charge in [0.2, 0.25) is 5.91 Å². The number of hydroxylamine groups is 1. The normalized spacial score (nSPS) is 10.8. The van der Waals surface area contributed by atoms with Crippen LogP contribution >= 0.6 is 11.6 Å². The number of nitrogens with one attached hydrogen (secondary N) is 2. The third-order valence-electron chi connectivity index (χ3n) is 4.51. The molecular weight excluding hydrogens is 422 g/mol. The van der Waals surface area contributed by atoms with Crippen LogP contribution in [-0.4, -0.2) is 39.6 Å². The number of nitrogens with zero attached hydrogens (tertiary/aromatic N) is 3. The molecule has 10 heteroatoms. The van der Waals surface area contributed by atoms with E-state index in [0.29, 0.717) is 22.5 Å². The lowest BCUT2D eigenvalue weighted by atomic mass is 10.2. The number of fused-ring (bicyclic) bond motifs is 1. The van der Waals surface area contributed by atoms with Crippen LogP contribution in [-0.2, 0) is 16.2 Å². The summed E-state index contributed by atoms with van der Waals surface area (Å²) in [6.45, 7) is 3.75. The maximum atomic E-state index is 12.5. The molecule has 0 unspecified atom stereocenters. The zero-order chi connectivity index (χ0) is 22.4. The Morgan fingerprint density at radius 1 is 1.23 bits per heavy atom. The van der Waals surface area contributed by atoms with E-state index in [1.54, 1.807) is 18.2 Å². The van der Waals surface area contributed by atoms with Gasteiger partial charge in [0.15, 0.2) is 0 Å². The van der Waals surface area contributed by atoms with Gasteiger partial charge in [-0.3, -0.25) is 19.4 Å². The highest BCUT2D eigenvalue weighted by atomic mass is 35.5. The fourth-order valence-electron chi connectivity index (χ4n) is 2.85. The first kappa shape index (κ1) is 22.4. The minimum atomic E-state index is -0.778. The molecule has 2 aromatic carbocycles. The first-order chi connectivity index (χ1) is 14.9. The Kier molecular flexibility index (Phi) is 7.35. The predicted octanol–water partition coefficient (Wildman–Crippen LogP) is 2.40. The fraction of sp³-hybridized carbons (Fsp3) is 0.238. The van der Waals surface area contributed by atoms with Gasteiger partial charge in [-0.2, -0.15) is 0 Å². The van der Waals surface area contributed by atoms with Gasteiger partial charge in [0.1, 0.15) is 6.33 Å². The van der Waals surface area contributed by atoms with Crippen molar-refractivity contribution in [2.45, 2.75) is 20.4 Å². The third-order valence-corrected chi connectivity index (χ3v) is 4.88. The van der Waals surface area contributed by atoms with Gasteiger partial charge in [-0.15, -0.1) is 0 Å². The Morgan fingerprint density at radius 3 is 2.74 bits per heavy atom. The van der Waals surface area contributed by atoms with Crippen molar-refractivity contribution in [2.75, 3.05) is 13.2 Å². The summed E-state index contributed by atoms with van der Waals surface area (Å²) in [5.41, 5.74) is 6.89. The second-order valence-corrected chi connectivity index (χ2v) is 7.20.